The van der Waals surface area contributed by atoms with Gasteiger partial charge in [0.05, 0.1) is 7.11 Å². The highest BCUT2D eigenvalue weighted by Crippen LogP contribution is 2.22. The summed E-state index contributed by atoms with van der Waals surface area (Å²) in [6, 6.07) is 26.6. The molecule has 1 amide bonds. The van der Waals surface area contributed by atoms with Crippen LogP contribution in [0.25, 0.3) is 0 Å². The van der Waals surface area contributed by atoms with Crippen LogP contribution in [0.2, 0.25) is 0 Å². The van der Waals surface area contributed by atoms with Gasteiger partial charge in [-0.1, -0.05) is 60.7 Å². The van der Waals surface area contributed by atoms with Crippen molar-refractivity contribution in [2.24, 2.45) is 0 Å². The molecular formula is C28H32N2O3. The molecule has 33 heavy (non-hydrogen) atoms. The van der Waals surface area contributed by atoms with E-state index in [1.165, 1.54) is 11.1 Å². The topological polar surface area (TPSA) is 50.8 Å². The van der Waals surface area contributed by atoms with E-state index in [0.29, 0.717) is 0 Å². The smallest absolute Gasteiger partial charge is 0.258 e. The van der Waals surface area contributed by atoms with Gasteiger partial charge in [-0.05, 0) is 47.7 Å². The lowest BCUT2D eigenvalue weighted by Gasteiger charge is -2.32. The molecule has 1 N–H and O–H groups in total. The Labute approximate surface area is 196 Å². The van der Waals surface area contributed by atoms with Gasteiger partial charge in [-0.25, -0.2) is 0 Å². The van der Waals surface area contributed by atoms with Crippen LogP contribution in [0.1, 0.15) is 29.5 Å². The van der Waals surface area contributed by atoms with Gasteiger partial charge >= 0.3 is 0 Å². The Hall–Kier alpha value is -3.31. The molecule has 0 radical (unpaired) electrons. The fraction of sp³-hybridized carbons (Fsp3) is 0.321. The number of benzene rings is 3. The largest absolute Gasteiger partial charge is 0.497 e. The Morgan fingerprint density at radius 2 is 1.67 bits per heavy atom. The van der Waals surface area contributed by atoms with E-state index in [2.05, 4.69) is 40.5 Å². The van der Waals surface area contributed by atoms with Crippen molar-refractivity contribution < 1.29 is 14.3 Å². The van der Waals surface area contributed by atoms with Crippen LogP contribution in [0, 0.1) is 0 Å². The van der Waals surface area contributed by atoms with Crippen molar-refractivity contribution in [3.63, 3.8) is 0 Å². The number of piperidine rings is 1. The maximum absolute atomic E-state index is 12.5. The monoisotopic (exact) mass is 444 g/mol. The molecule has 1 aliphatic rings. The van der Waals surface area contributed by atoms with Gasteiger partial charge in [0.2, 0.25) is 0 Å². The molecule has 3 aromatic rings. The van der Waals surface area contributed by atoms with Crippen molar-refractivity contribution in [2.75, 3.05) is 26.8 Å². The quantitative estimate of drug-likeness (QED) is 0.530. The Bertz CT molecular complexity index is 1030. The molecule has 0 spiro atoms. The number of carbonyl (C=O) groups is 1. The first kappa shape index (κ1) is 22.9. The number of para-hydroxylation sites is 1. The van der Waals surface area contributed by atoms with Gasteiger partial charge in [-0.15, -0.1) is 0 Å². The molecule has 0 saturated carbocycles. The third kappa shape index (κ3) is 6.83. The number of methoxy groups -OCH3 is 1. The summed E-state index contributed by atoms with van der Waals surface area (Å²) in [6.07, 6.45) is 2.67. The molecule has 0 aliphatic carbocycles. The number of carbonyl (C=O) groups excluding carboxylic acids is 1. The SMILES string of the molecule is COc1cccc(CN2CCC(NC(=O)COc3ccccc3Cc3ccccc3)CC2)c1. The lowest BCUT2D eigenvalue weighted by atomic mass is 10.0. The third-order valence-electron chi connectivity index (χ3n) is 6.06. The van der Waals surface area contributed by atoms with Crippen molar-refractivity contribution in [1.82, 2.24) is 10.2 Å². The lowest BCUT2D eigenvalue weighted by molar-refractivity contribution is -0.124. The molecule has 3 aromatic carbocycles. The fourth-order valence-corrected chi connectivity index (χ4v) is 4.28. The molecule has 1 heterocycles. The summed E-state index contributed by atoms with van der Waals surface area (Å²) in [7, 11) is 1.69. The van der Waals surface area contributed by atoms with Gasteiger partial charge in [0, 0.05) is 32.1 Å². The average molecular weight is 445 g/mol. The van der Waals surface area contributed by atoms with Crippen LogP contribution < -0.4 is 14.8 Å². The molecule has 0 bridgehead atoms. The normalized spacial score (nSPS) is 14.6. The Morgan fingerprint density at radius 3 is 2.45 bits per heavy atom. The van der Waals surface area contributed by atoms with Crippen molar-refractivity contribution in [3.8, 4) is 11.5 Å². The van der Waals surface area contributed by atoms with E-state index in [-0.39, 0.29) is 18.6 Å². The van der Waals surface area contributed by atoms with Crippen molar-refractivity contribution >= 4 is 5.91 Å². The Kier molecular flexibility index (Phi) is 7.99. The molecule has 4 rings (SSSR count). The van der Waals surface area contributed by atoms with Gasteiger partial charge in [-0.2, -0.15) is 0 Å². The minimum atomic E-state index is -0.0595. The van der Waals surface area contributed by atoms with Gasteiger partial charge in [-0.3, -0.25) is 9.69 Å². The van der Waals surface area contributed by atoms with Gasteiger partial charge in [0.25, 0.3) is 5.91 Å². The average Bonchev–Trinajstić information content (AvgIpc) is 2.85. The highest BCUT2D eigenvalue weighted by Gasteiger charge is 2.21. The maximum Gasteiger partial charge on any atom is 0.258 e. The van der Waals surface area contributed by atoms with E-state index in [9.17, 15) is 4.79 Å². The van der Waals surface area contributed by atoms with Crippen LogP contribution in [0.3, 0.4) is 0 Å². The zero-order valence-electron chi connectivity index (χ0n) is 19.2. The summed E-state index contributed by atoms with van der Waals surface area (Å²) in [5, 5.41) is 3.15. The summed E-state index contributed by atoms with van der Waals surface area (Å²) in [6.45, 7) is 2.86. The zero-order valence-corrected chi connectivity index (χ0v) is 19.2. The fourth-order valence-electron chi connectivity index (χ4n) is 4.28. The molecule has 0 unspecified atom stereocenters. The highest BCUT2D eigenvalue weighted by molar-refractivity contribution is 5.77. The zero-order chi connectivity index (χ0) is 22.9. The number of likely N-dealkylation sites (tertiary alicyclic amines) is 1. The first-order chi connectivity index (χ1) is 16.2. The molecule has 1 fully saturated rings. The highest BCUT2D eigenvalue weighted by atomic mass is 16.5. The second-order valence-electron chi connectivity index (χ2n) is 8.53. The summed E-state index contributed by atoms with van der Waals surface area (Å²) in [4.78, 5) is 15.0. The first-order valence-corrected chi connectivity index (χ1v) is 11.6. The standard InChI is InChI=1S/C28H32N2O3/c1-32-26-12-7-10-23(19-26)20-30-16-14-25(15-17-30)29-28(31)21-33-27-13-6-5-11-24(27)18-22-8-3-2-4-9-22/h2-13,19,25H,14-18,20-21H2,1H3,(H,29,31). The molecule has 5 nitrogen and oxygen atoms in total. The predicted molar refractivity (Wildman–Crippen MR) is 131 cm³/mol. The first-order valence-electron chi connectivity index (χ1n) is 11.6. The molecular weight excluding hydrogens is 412 g/mol. The van der Waals surface area contributed by atoms with Crippen LogP contribution in [0.4, 0.5) is 0 Å². The number of rotatable bonds is 9. The lowest BCUT2D eigenvalue weighted by Crippen LogP contribution is -2.45. The summed E-state index contributed by atoms with van der Waals surface area (Å²) < 4.78 is 11.2. The third-order valence-corrected chi connectivity index (χ3v) is 6.06. The van der Waals surface area contributed by atoms with Crippen molar-refractivity contribution in [3.05, 3.63) is 95.6 Å². The molecule has 0 aromatic heterocycles. The van der Waals surface area contributed by atoms with Crippen LogP contribution in [-0.2, 0) is 17.8 Å². The summed E-state index contributed by atoms with van der Waals surface area (Å²) in [5.74, 6) is 1.60. The van der Waals surface area contributed by atoms with Crippen LogP contribution in [-0.4, -0.2) is 43.7 Å². The van der Waals surface area contributed by atoms with Crippen molar-refractivity contribution in [2.45, 2.75) is 31.8 Å². The van der Waals surface area contributed by atoms with E-state index >= 15 is 0 Å². The summed E-state index contributed by atoms with van der Waals surface area (Å²) in [5.41, 5.74) is 3.56. The maximum atomic E-state index is 12.5. The number of nitrogens with one attached hydrogen (secondary N) is 1. The number of ether oxygens (including phenoxy) is 2. The number of hydrogen-bond donors (Lipinski definition) is 1. The van der Waals surface area contributed by atoms with E-state index in [1.54, 1.807) is 7.11 Å². The number of hydrogen-bond acceptors (Lipinski definition) is 4. The molecule has 5 heteroatoms. The minimum Gasteiger partial charge on any atom is -0.497 e. The predicted octanol–water partition coefficient (Wildman–Crippen LogP) is 4.45. The van der Waals surface area contributed by atoms with E-state index < -0.39 is 0 Å². The molecule has 172 valence electrons. The molecule has 0 atom stereocenters. The van der Waals surface area contributed by atoms with Gasteiger partial charge < -0.3 is 14.8 Å². The van der Waals surface area contributed by atoms with Gasteiger partial charge in [0.1, 0.15) is 11.5 Å². The van der Waals surface area contributed by atoms with Gasteiger partial charge in [0.15, 0.2) is 6.61 Å². The van der Waals surface area contributed by atoms with E-state index in [0.717, 1.165) is 56.0 Å². The Morgan fingerprint density at radius 1 is 0.939 bits per heavy atom. The summed E-state index contributed by atoms with van der Waals surface area (Å²) >= 11 is 0. The van der Waals surface area contributed by atoms with E-state index in [1.807, 2.05) is 48.5 Å². The number of nitrogens with zero attached hydrogens (tertiary/aromatic N) is 1. The number of amides is 1. The molecule has 1 saturated heterocycles. The second-order valence-corrected chi connectivity index (χ2v) is 8.53. The molecule has 1 aliphatic heterocycles. The van der Waals surface area contributed by atoms with Crippen molar-refractivity contribution in [1.29, 1.82) is 0 Å². The van der Waals surface area contributed by atoms with Crippen LogP contribution in [0.15, 0.2) is 78.9 Å². The minimum absolute atomic E-state index is 0.0375. The van der Waals surface area contributed by atoms with Crippen LogP contribution >= 0.6 is 0 Å². The van der Waals surface area contributed by atoms with Crippen LogP contribution in [0.5, 0.6) is 11.5 Å². The second kappa shape index (κ2) is 11.5. The Balaban J connectivity index is 1.22. The van der Waals surface area contributed by atoms with E-state index in [4.69, 9.17) is 9.47 Å².